The molecule has 16 heavy (non-hydrogen) atoms. The van der Waals surface area contributed by atoms with Crippen LogP contribution in [-0.2, 0) is 0 Å². The maximum Gasteiger partial charge on any atom is 0.0768 e. The molecule has 0 bridgehead atoms. The standard InChI is InChI=1S/C13H28N2O/c1-4-13(16,5-2)10-15-7-6-11(3)12(8-14)9-15/h11-12,16H,4-10,14H2,1-3H3. The second kappa shape index (κ2) is 5.99. The quantitative estimate of drug-likeness (QED) is 0.749. The molecule has 1 heterocycles. The van der Waals surface area contributed by atoms with Crippen LogP contribution in [0.1, 0.15) is 40.0 Å². The molecule has 0 aliphatic carbocycles. The van der Waals surface area contributed by atoms with E-state index in [0.717, 1.165) is 44.9 Å². The van der Waals surface area contributed by atoms with Crippen LogP contribution in [0.2, 0.25) is 0 Å². The van der Waals surface area contributed by atoms with E-state index in [2.05, 4.69) is 25.7 Å². The molecule has 2 unspecified atom stereocenters. The first-order valence-corrected chi connectivity index (χ1v) is 6.69. The molecular weight excluding hydrogens is 200 g/mol. The molecule has 0 aromatic carbocycles. The first-order valence-electron chi connectivity index (χ1n) is 6.69. The molecule has 3 heteroatoms. The lowest BCUT2D eigenvalue weighted by molar-refractivity contribution is -0.0188. The first-order chi connectivity index (χ1) is 7.54. The molecule has 0 aromatic heterocycles. The predicted molar refractivity (Wildman–Crippen MR) is 68.3 cm³/mol. The molecule has 0 spiro atoms. The topological polar surface area (TPSA) is 49.5 Å². The number of hydrogen-bond donors (Lipinski definition) is 2. The molecule has 1 saturated heterocycles. The molecule has 1 rings (SSSR count). The van der Waals surface area contributed by atoms with Crippen LogP contribution in [-0.4, -0.2) is 41.8 Å². The number of nitrogens with two attached hydrogens (primary N) is 1. The lowest BCUT2D eigenvalue weighted by Crippen LogP contribution is -2.49. The second-order valence-electron chi connectivity index (χ2n) is 5.43. The average Bonchev–Trinajstić information content (AvgIpc) is 2.31. The minimum absolute atomic E-state index is 0.500. The summed E-state index contributed by atoms with van der Waals surface area (Å²) in [6, 6.07) is 0. The van der Waals surface area contributed by atoms with Crippen LogP contribution in [0.5, 0.6) is 0 Å². The zero-order valence-corrected chi connectivity index (χ0v) is 11.1. The Morgan fingerprint density at radius 1 is 1.38 bits per heavy atom. The Balaban J connectivity index is 2.49. The smallest absolute Gasteiger partial charge is 0.0768 e. The molecule has 1 aliphatic heterocycles. The summed E-state index contributed by atoms with van der Waals surface area (Å²) in [5.74, 6) is 1.34. The largest absolute Gasteiger partial charge is 0.389 e. The van der Waals surface area contributed by atoms with Gasteiger partial charge >= 0.3 is 0 Å². The van der Waals surface area contributed by atoms with E-state index < -0.39 is 5.60 Å². The summed E-state index contributed by atoms with van der Waals surface area (Å²) in [6.07, 6.45) is 2.89. The van der Waals surface area contributed by atoms with Gasteiger partial charge in [-0.05, 0) is 44.2 Å². The zero-order valence-electron chi connectivity index (χ0n) is 11.1. The van der Waals surface area contributed by atoms with Crippen LogP contribution in [0.15, 0.2) is 0 Å². The summed E-state index contributed by atoms with van der Waals surface area (Å²) in [7, 11) is 0. The number of hydrogen-bond acceptors (Lipinski definition) is 3. The van der Waals surface area contributed by atoms with Gasteiger partial charge in [-0.3, -0.25) is 0 Å². The molecule has 1 aliphatic rings. The number of piperidine rings is 1. The molecule has 2 atom stereocenters. The van der Waals surface area contributed by atoms with Crippen molar-refractivity contribution in [2.45, 2.75) is 45.6 Å². The van der Waals surface area contributed by atoms with Gasteiger partial charge in [0.2, 0.25) is 0 Å². The number of aliphatic hydroxyl groups is 1. The van der Waals surface area contributed by atoms with Gasteiger partial charge in [-0.15, -0.1) is 0 Å². The Morgan fingerprint density at radius 3 is 2.50 bits per heavy atom. The van der Waals surface area contributed by atoms with Crippen LogP contribution >= 0.6 is 0 Å². The van der Waals surface area contributed by atoms with Crippen molar-refractivity contribution in [2.75, 3.05) is 26.2 Å². The fraction of sp³-hybridized carbons (Fsp3) is 1.00. The van der Waals surface area contributed by atoms with Gasteiger partial charge in [-0.25, -0.2) is 0 Å². The zero-order chi connectivity index (χ0) is 12.2. The van der Waals surface area contributed by atoms with Crippen LogP contribution in [0.25, 0.3) is 0 Å². The van der Waals surface area contributed by atoms with E-state index >= 15 is 0 Å². The minimum Gasteiger partial charge on any atom is -0.389 e. The maximum atomic E-state index is 10.3. The SMILES string of the molecule is CCC(O)(CC)CN1CCC(C)C(CN)C1. The van der Waals surface area contributed by atoms with E-state index in [0.29, 0.717) is 5.92 Å². The number of nitrogens with zero attached hydrogens (tertiary/aromatic N) is 1. The van der Waals surface area contributed by atoms with Crippen LogP contribution in [0.4, 0.5) is 0 Å². The molecule has 3 nitrogen and oxygen atoms in total. The highest BCUT2D eigenvalue weighted by molar-refractivity contribution is 4.85. The summed E-state index contributed by atoms with van der Waals surface area (Å²) in [5, 5.41) is 10.3. The van der Waals surface area contributed by atoms with E-state index in [1.807, 2.05) is 0 Å². The second-order valence-corrected chi connectivity index (χ2v) is 5.43. The molecule has 0 radical (unpaired) electrons. The summed E-state index contributed by atoms with van der Waals surface area (Å²) >= 11 is 0. The molecule has 0 amide bonds. The maximum absolute atomic E-state index is 10.3. The third-order valence-corrected chi connectivity index (χ3v) is 4.34. The predicted octanol–water partition coefficient (Wildman–Crippen LogP) is 1.45. The average molecular weight is 228 g/mol. The van der Waals surface area contributed by atoms with Crippen LogP contribution in [0.3, 0.4) is 0 Å². The molecule has 96 valence electrons. The van der Waals surface area contributed by atoms with Crippen molar-refractivity contribution in [1.29, 1.82) is 0 Å². The van der Waals surface area contributed by atoms with Crippen molar-refractivity contribution in [3.8, 4) is 0 Å². The Hall–Kier alpha value is -0.120. The fourth-order valence-electron chi connectivity index (χ4n) is 2.57. The lowest BCUT2D eigenvalue weighted by atomic mass is 9.86. The van der Waals surface area contributed by atoms with E-state index in [9.17, 15) is 5.11 Å². The van der Waals surface area contributed by atoms with Gasteiger partial charge in [0.15, 0.2) is 0 Å². The minimum atomic E-state index is -0.500. The van der Waals surface area contributed by atoms with Crippen LogP contribution < -0.4 is 5.73 Å². The van der Waals surface area contributed by atoms with Crippen LogP contribution in [0, 0.1) is 11.8 Å². The van der Waals surface area contributed by atoms with Gasteiger partial charge in [0.05, 0.1) is 5.60 Å². The van der Waals surface area contributed by atoms with Gasteiger partial charge < -0.3 is 15.7 Å². The van der Waals surface area contributed by atoms with E-state index in [1.165, 1.54) is 6.42 Å². The monoisotopic (exact) mass is 228 g/mol. The molecular formula is C13H28N2O. The first kappa shape index (κ1) is 13.9. The van der Waals surface area contributed by atoms with E-state index in [1.54, 1.807) is 0 Å². The summed E-state index contributed by atoms with van der Waals surface area (Å²) < 4.78 is 0. The highest BCUT2D eigenvalue weighted by Gasteiger charge is 2.30. The Kier molecular flexibility index (Phi) is 5.22. The normalized spacial score (nSPS) is 28.3. The lowest BCUT2D eigenvalue weighted by Gasteiger charge is -2.40. The molecule has 0 aromatic rings. The Bertz CT molecular complexity index is 204. The summed E-state index contributed by atoms with van der Waals surface area (Å²) in [4.78, 5) is 2.39. The van der Waals surface area contributed by atoms with Gasteiger partial charge in [0.25, 0.3) is 0 Å². The van der Waals surface area contributed by atoms with Crippen molar-refractivity contribution >= 4 is 0 Å². The van der Waals surface area contributed by atoms with Crippen molar-refractivity contribution in [1.82, 2.24) is 4.90 Å². The third kappa shape index (κ3) is 3.44. The number of likely N-dealkylation sites (tertiary alicyclic amines) is 1. The highest BCUT2D eigenvalue weighted by Crippen LogP contribution is 2.25. The third-order valence-electron chi connectivity index (χ3n) is 4.34. The molecule has 0 saturated carbocycles. The van der Waals surface area contributed by atoms with Gasteiger partial charge in [0, 0.05) is 13.1 Å². The number of β-amino-alcohol motifs (C(OH)–C–C–N with tert-alkyl or cyclic N) is 1. The van der Waals surface area contributed by atoms with Crippen molar-refractivity contribution in [3.05, 3.63) is 0 Å². The summed E-state index contributed by atoms with van der Waals surface area (Å²) in [5.41, 5.74) is 5.30. The Morgan fingerprint density at radius 2 is 2.00 bits per heavy atom. The summed E-state index contributed by atoms with van der Waals surface area (Å²) in [6.45, 7) is 10.2. The fourth-order valence-corrected chi connectivity index (χ4v) is 2.57. The number of rotatable bonds is 5. The Labute approximate surface area is 100 Å². The molecule has 3 N–H and O–H groups in total. The van der Waals surface area contributed by atoms with Gasteiger partial charge in [-0.2, -0.15) is 0 Å². The van der Waals surface area contributed by atoms with E-state index in [4.69, 9.17) is 5.73 Å². The van der Waals surface area contributed by atoms with Crippen molar-refractivity contribution in [3.63, 3.8) is 0 Å². The van der Waals surface area contributed by atoms with E-state index in [-0.39, 0.29) is 0 Å². The highest BCUT2D eigenvalue weighted by atomic mass is 16.3. The van der Waals surface area contributed by atoms with Gasteiger partial charge in [-0.1, -0.05) is 20.8 Å². The van der Waals surface area contributed by atoms with Gasteiger partial charge in [0.1, 0.15) is 0 Å². The van der Waals surface area contributed by atoms with Crippen molar-refractivity contribution < 1.29 is 5.11 Å². The van der Waals surface area contributed by atoms with Crippen molar-refractivity contribution in [2.24, 2.45) is 17.6 Å². The molecule has 1 fully saturated rings.